The van der Waals surface area contributed by atoms with E-state index in [2.05, 4.69) is 19.2 Å². The molecule has 6 heteroatoms. The maximum Gasteiger partial charge on any atom is 0.251 e. The van der Waals surface area contributed by atoms with Gasteiger partial charge in [0.15, 0.2) is 0 Å². The number of benzene rings is 2. The van der Waals surface area contributed by atoms with Crippen molar-refractivity contribution < 1.29 is 9.59 Å². The minimum Gasteiger partial charge on any atom is -0.349 e. The Morgan fingerprint density at radius 2 is 2.03 bits per heavy atom. The number of carbonyl (C=O) groups excluding carboxylic acids is 2. The zero-order valence-electron chi connectivity index (χ0n) is 17.4. The minimum absolute atomic E-state index is 0.0414. The number of nitrogens with zero attached hydrogens (tertiary/aromatic N) is 1. The summed E-state index contributed by atoms with van der Waals surface area (Å²) >= 11 is 7.64. The van der Waals surface area contributed by atoms with Gasteiger partial charge in [0.05, 0.1) is 18.0 Å². The number of fused-ring (bicyclic) bond motifs is 1. The quantitative estimate of drug-likeness (QED) is 0.676. The van der Waals surface area contributed by atoms with Gasteiger partial charge >= 0.3 is 0 Å². The summed E-state index contributed by atoms with van der Waals surface area (Å²) < 4.78 is 0. The molecule has 4 rings (SSSR count). The molecule has 0 unspecified atom stereocenters. The van der Waals surface area contributed by atoms with Gasteiger partial charge in [-0.1, -0.05) is 50.4 Å². The topological polar surface area (TPSA) is 49.4 Å². The Bertz CT molecular complexity index is 964. The van der Waals surface area contributed by atoms with Crippen molar-refractivity contribution in [3.05, 3.63) is 58.6 Å². The molecular formula is C24H27ClN2O2S. The Kier molecular flexibility index (Phi) is 6.40. The monoisotopic (exact) mass is 442 g/mol. The first kappa shape index (κ1) is 21.3. The molecule has 1 N–H and O–H groups in total. The Morgan fingerprint density at radius 3 is 2.83 bits per heavy atom. The molecule has 0 aromatic heterocycles. The van der Waals surface area contributed by atoms with Gasteiger partial charge in [0.25, 0.3) is 5.91 Å². The van der Waals surface area contributed by atoms with Crippen LogP contribution in [0.2, 0.25) is 5.02 Å². The molecule has 1 fully saturated rings. The van der Waals surface area contributed by atoms with Crippen LogP contribution in [-0.4, -0.2) is 23.6 Å². The smallest absolute Gasteiger partial charge is 0.251 e. The maximum absolute atomic E-state index is 13.0. The summed E-state index contributed by atoms with van der Waals surface area (Å²) in [5.41, 5.74) is 2.37. The molecule has 0 radical (unpaired) electrons. The van der Waals surface area contributed by atoms with E-state index in [4.69, 9.17) is 11.6 Å². The van der Waals surface area contributed by atoms with Crippen LogP contribution in [0.4, 0.5) is 5.69 Å². The number of rotatable bonds is 4. The third-order valence-electron chi connectivity index (χ3n) is 6.42. The van der Waals surface area contributed by atoms with Gasteiger partial charge in [-0.2, -0.15) is 0 Å². The van der Waals surface area contributed by atoms with E-state index in [9.17, 15) is 9.59 Å². The molecule has 158 valence electrons. The SMILES string of the molecule is C[C@H]1[C@@H](NC(=O)c2ccc3c(c2)N(Cc2cccc(Cl)c2)C(=O)CS3)CCC[C@@H]1C. The van der Waals surface area contributed by atoms with Crippen molar-refractivity contribution in [2.24, 2.45) is 11.8 Å². The van der Waals surface area contributed by atoms with Crippen LogP contribution in [0.1, 0.15) is 49.0 Å². The third kappa shape index (κ3) is 4.52. The fraction of sp³-hybridized carbons (Fsp3) is 0.417. The molecule has 3 atom stereocenters. The summed E-state index contributed by atoms with van der Waals surface area (Å²) in [7, 11) is 0. The van der Waals surface area contributed by atoms with Crippen molar-refractivity contribution in [2.75, 3.05) is 10.7 Å². The van der Waals surface area contributed by atoms with Crippen molar-refractivity contribution in [1.29, 1.82) is 0 Å². The highest BCUT2D eigenvalue weighted by atomic mass is 35.5. The highest BCUT2D eigenvalue weighted by Crippen LogP contribution is 2.37. The Labute approximate surface area is 187 Å². The van der Waals surface area contributed by atoms with Crippen LogP contribution in [0.15, 0.2) is 47.4 Å². The van der Waals surface area contributed by atoms with E-state index in [1.165, 1.54) is 18.2 Å². The average Bonchev–Trinajstić information content (AvgIpc) is 2.73. The lowest BCUT2D eigenvalue weighted by molar-refractivity contribution is -0.116. The fourth-order valence-corrected chi connectivity index (χ4v) is 5.50. The van der Waals surface area contributed by atoms with Gasteiger partial charge in [-0.25, -0.2) is 0 Å². The molecule has 4 nitrogen and oxygen atoms in total. The number of hydrogen-bond donors (Lipinski definition) is 1. The first-order chi connectivity index (χ1) is 14.4. The van der Waals surface area contributed by atoms with E-state index in [0.29, 0.717) is 34.7 Å². The van der Waals surface area contributed by atoms with E-state index < -0.39 is 0 Å². The third-order valence-corrected chi connectivity index (χ3v) is 7.70. The molecule has 30 heavy (non-hydrogen) atoms. The lowest BCUT2D eigenvalue weighted by atomic mass is 9.78. The van der Waals surface area contributed by atoms with Crippen LogP contribution in [0.25, 0.3) is 0 Å². The summed E-state index contributed by atoms with van der Waals surface area (Å²) in [4.78, 5) is 28.5. The minimum atomic E-state index is -0.0607. The van der Waals surface area contributed by atoms with E-state index in [1.54, 1.807) is 4.90 Å². The molecular weight excluding hydrogens is 416 g/mol. The molecule has 2 amide bonds. The van der Waals surface area contributed by atoms with E-state index in [-0.39, 0.29) is 17.9 Å². The molecule has 0 bridgehead atoms. The number of nitrogens with one attached hydrogen (secondary N) is 1. The zero-order chi connectivity index (χ0) is 21.3. The van der Waals surface area contributed by atoms with Crippen LogP contribution >= 0.6 is 23.4 Å². The highest BCUT2D eigenvalue weighted by Gasteiger charge is 2.30. The standard InChI is InChI=1S/C24H27ClN2O2S/c1-15-5-3-8-20(16(15)2)26-24(29)18-9-10-22-21(12-18)27(23(28)14-30-22)13-17-6-4-7-19(25)11-17/h4,6-7,9-12,15-16,20H,3,5,8,13-14H2,1-2H3,(H,26,29)/t15-,16+,20-/m0/s1. The molecule has 1 aliphatic carbocycles. The van der Waals surface area contributed by atoms with E-state index in [0.717, 1.165) is 29.0 Å². The summed E-state index contributed by atoms with van der Waals surface area (Å²) in [6.07, 6.45) is 3.40. The predicted molar refractivity (Wildman–Crippen MR) is 123 cm³/mol. The van der Waals surface area contributed by atoms with Crippen molar-refractivity contribution in [3.63, 3.8) is 0 Å². The van der Waals surface area contributed by atoms with Crippen LogP contribution in [0, 0.1) is 11.8 Å². The second-order valence-corrected chi connectivity index (χ2v) is 9.88. The molecule has 2 aromatic carbocycles. The van der Waals surface area contributed by atoms with Crippen molar-refractivity contribution >= 4 is 40.9 Å². The van der Waals surface area contributed by atoms with Gasteiger partial charge in [0, 0.05) is 21.5 Å². The average molecular weight is 443 g/mol. The van der Waals surface area contributed by atoms with Gasteiger partial charge in [0.2, 0.25) is 5.91 Å². The number of amides is 2. The summed E-state index contributed by atoms with van der Waals surface area (Å²) in [6, 6.07) is 13.4. The molecule has 0 spiro atoms. The number of anilines is 1. The molecule has 0 saturated heterocycles. The highest BCUT2D eigenvalue weighted by molar-refractivity contribution is 8.00. The van der Waals surface area contributed by atoms with Crippen molar-refractivity contribution in [2.45, 2.75) is 50.6 Å². The van der Waals surface area contributed by atoms with E-state index in [1.807, 2.05) is 42.5 Å². The largest absolute Gasteiger partial charge is 0.349 e. The Hall–Kier alpha value is -1.98. The van der Waals surface area contributed by atoms with Crippen LogP contribution in [0.5, 0.6) is 0 Å². The number of carbonyl (C=O) groups is 2. The summed E-state index contributed by atoms with van der Waals surface area (Å²) in [5, 5.41) is 3.89. The molecule has 1 saturated carbocycles. The second-order valence-electron chi connectivity index (χ2n) is 8.43. The van der Waals surface area contributed by atoms with Gasteiger partial charge in [0.1, 0.15) is 0 Å². The second kappa shape index (κ2) is 9.03. The summed E-state index contributed by atoms with van der Waals surface area (Å²) in [6.45, 7) is 4.93. The van der Waals surface area contributed by atoms with Crippen LogP contribution in [0.3, 0.4) is 0 Å². The first-order valence-electron chi connectivity index (χ1n) is 10.5. The van der Waals surface area contributed by atoms with Crippen LogP contribution in [-0.2, 0) is 11.3 Å². The molecule has 2 aromatic rings. The zero-order valence-corrected chi connectivity index (χ0v) is 18.9. The molecule has 2 aliphatic rings. The van der Waals surface area contributed by atoms with Gasteiger partial charge in [-0.05, 0) is 54.2 Å². The number of thioether (sulfide) groups is 1. The fourth-order valence-electron chi connectivity index (χ4n) is 4.37. The van der Waals surface area contributed by atoms with Crippen molar-refractivity contribution in [1.82, 2.24) is 5.32 Å². The van der Waals surface area contributed by atoms with Gasteiger partial charge in [-0.3, -0.25) is 9.59 Å². The first-order valence-corrected chi connectivity index (χ1v) is 11.9. The number of halogens is 1. The van der Waals surface area contributed by atoms with Gasteiger partial charge < -0.3 is 10.2 Å². The normalized spacial score (nSPS) is 23.8. The lowest BCUT2D eigenvalue weighted by Gasteiger charge is -2.34. The lowest BCUT2D eigenvalue weighted by Crippen LogP contribution is -2.43. The van der Waals surface area contributed by atoms with Crippen LogP contribution < -0.4 is 10.2 Å². The van der Waals surface area contributed by atoms with E-state index >= 15 is 0 Å². The van der Waals surface area contributed by atoms with Gasteiger partial charge in [-0.15, -0.1) is 11.8 Å². The molecule has 1 heterocycles. The summed E-state index contributed by atoms with van der Waals surface area (Å²) in [5.74, 6) is 1.47. The van der Waals surface area contributed by atoms with Crippen molar-refractivity contribution in [3.8, 4) is 0 Å². The molecule has 1 aliphatic heterocycles. The predicted octanol–water partition coefficient (Wildman–Crippen LogP) is 5.53. The Balaban J connectivity index is 1.57. The number of hydrogen-bond acceptors (Lipinski definition) is 3. The maximum atomic E-state index is 13.0. The Morgan fingerprint density at radius 1 is 1.20 bits per heavy atom.